The highest BCUT2D eigenvalue weighted by Crippen LogP contribution is 2.13. The highest BCUT2D eigenvalue weighted by atomic mass is 35.5. The van der Waals surface area contributed by atoms with Crippen LogP contribution in [0.4, 0.5) is 0 Å². The molecule has 0 saturated carbocycles. The Morgan fingerprint density at radius 3 is 2.94 bits per heavy atom. The van der Waals surface area contributed by atoms with Crippen molar-refractivity contribution in [2.24, 2.45) is 5.84 Å². The van der Waals surface area contributed by atoms with Gasteiger partial charge in [0, 0.05) is 24.8 Å². The van der Waals surface area contributed by atoms with Gasteiger partial charge in [-0.25, -0.2) is 0 Å². The molecular weight excluding hydrogens is 224 g/mol. The molecule has 0 amide bonds. The van der Waals surface area contributed by atoms with E-state index in [1.807, 2.05) is 18.2 Å². The summed E-state index contributed by atoms with van der Waals surface area (Å²) in [6.45, 7) is 0.772. The molecule has 0 aromatic heterocycles. The summed E-state index contributed by atoms with van der Waals surface area (Å²) < 4.78 is 5.02. The van der Waals surface area contributed by atoms with E-state index in [0.717, 1.165) is 30.9 Å². The number of rotatable bonds is 7. The Hall–Kier alpha value is -0.610. The van der Waals surface area contributed by atoms with E-state index in [2.05, 4.69) is 11.5 Å². The molecule has 4 heteroatoms. The lowest BCUT2D eigenvalue weighted by Crippen LogP contribution is -2.36. The highest BCUT2D eigenvalue weighted by Gasteiger charge is 2.07. The molecule has 90 valence electrons. The van der Waals surface area contributed by atoms with Crippen molar-refractivity contribution in [3.8, 4) is 0 Å². The molecule has 0 fully saturated rings. The normalized spacial score (nSPS) is 12.7. The SMILES string of the molecule is COCCCC(Cc1cccc(Cl)c1)NN. The van der Waals surface area contributed by atoms with Gasteiger partial charge < -0.3 is 4.74 Å². The standard InChI is InChI=1S/C12H19ClN2O/c1-16-7-3-6-12(15-14)9-10-4-2-5-11(13)8-10/h2,4-5,8,12,15H,3,6-7,9,14H2,1H3. The van der Waals surface area contributed by atoms with E-state index < -0.39 is 0 Å². The van der Waals surface area contributed by atoms with Crippen LogP contribution in [0, 0.1) is 0 Å². The average Bonchev–Trinajstić information content (AvgIpc) is 2.28. The van der Waals surface area contributed by atoms with Gasteiger partial charge in [-0.1, -0.05) is 23.7 Å². The minimum atomic E-state index is 0.272. The molecule has 1 aromatic rings. The van der Waals surface area contributed by atoms with E-state index in [1.165, 1.54) is 5.56 Å². The Bertz CT molecular complexity index is 307. The lowest BCUT2D eigenvalue weighted by Gasteiger charge is -2.15. The monoisotopic (exact) mass is 242 g/mol. The van der Waals surface area contributed by atoms with Gasteiger partial charge in [0.1, 0.15) is 0 Å². The molecule has 0 radical (unpaired) electrons. The first-order valence-electron chi connectivity index (χ1n) is 5.45. The number of halogens is 1. The molecule has 0 aliphatic heterocycles. The summed E-state index contributed by atoms with van der Waals surface area (Å²) in [5.41, 5.74) is 4.03. The van der Waals surface area contributed by atoms with Crippen LogP contribution >= 0.6 is 11.6 Å². The summed E-state index contributed by atoms with van der Waals surface area (Å²) in [5, 5.41) is 0.769. The summed E-state index contributed by atoms with van der Waals surface area (Å²) in [7, 11) is 1.71. The van der Waals surface area contributed by atoms with Crippen molar-refractivity contribution in [1.29, 1.82) is 0 Å². The van der Waals surface area contributed by atoms with Gasteiger partial charge >= 0.3 is 0 Å². The maximum Gasteiger partial charge on any atom is 0.0462 e. The first kappa shape index (κ1) is 13.5. The molecule has 0 saturated heterocycles. The number of methoxy groups -OCH3 is 1. The number of nitrogens with one attached hydrogen (secondary N) is 1. The van der Waals surface area contributed by atoms with Crippen molar-refractivity contribution in [2.45, 2.75) is 25.3 Å². The number of nitrogens with two attached hydrogens (primary N) is 1. The zero-order valence-electron chi connectivity index (χ0n) is 9.58. The van der Waals surface area contributed by atoms with Gasteiger partial charge in [-0.2, -0.15) is 0 Å². The maximum atomic E-state index is 5.93. The van der Waals surface area contributed by atoms with E-state index in [1.54, 1.807) is 7.11 Å². The Morgan fingerprint density at radius 2 is 2.31 bits per heavy atom. The largest absolute Gasteiger partial charge is 0.385 e. The second-order valence-corrected chi connectivity index (χ2v) is 4.27. The van der Waals surface area contributed by atoms with Crippen LogP contribution in [-0.4, -0.2) is 19.8 Å². The second kappa shape index (κ2) is 7.63. The second-order valence-electron chi connectivity index (χ2n) is 3.83. The van der Waals surface area contributed by atoms with Gasteiger partial charge in [0.15, 0.2) is 0 Å². The molecule has 0 aliphatic rings. The minimum Gasteiger partial charge on any atom is -0.385 e. The fourth-order valence-electron chi connectivity index (χ4n) is 1.67. The number of hydrogen-bond acceptors (Lipinski definition) is 3. The molecule has 1 unspecified atom stereocenters. The molecule has 1 aromatic carbocycles. The van der Waals surface area contributed by atoms with Crippen molar-refractivity contribution in [3.05, 3.63) is 34.9 Å². The molecular formula is C12H19ClN2O. The van der Waals surface area contributed by atoms with Crippen molar-refractivity contribution >= 4 is 11.6 Å². The predicted molar refractivity (Wildman–Crippen MR) is 67.4 cm³/mol. The van der Waals surface area contributed by atoms with E-state index in [0.29, 0.717) is 0 Å². The fourth-order valence-corrected chi connectivity index (χ4v) is 1.88. The van der Waals surface area contributed by atoms with Crippen LogP contribution < -0.4 is 11.3 Å². The Morgan fingerprint density at radius 1 is 1.50 bits per heavy atom. The topological polar surface area (TPSA) is 47.3 Å². The summed E-state index contributed by atoms with van der Waals surface area (Å²) in [6, 6.07) is 8.14. The molecule has 1 atom stereocenters. The predicted octanol–water partition coefficient (Wildman–Crippen LogP) is 2.14. The van der Waals surface area contributed by atoms with Gasteiger partial charge in [0.2, 0.25) is 0 Å². The number of hydrazine groups is 1. The quantitative estimate of drug-likeness (QED) is 0.438. The fraction of sp³-hybridized carbons (Fsp3) is 0.500. The molecule has 16 heavy (non-hydrogen) atoms. The molecule has 0 spiro atoms. The van der Waals surface area contributed by atoms with E-state index >= 15 is 0 Å². The van der Waals surface area contributed by atoms with Crippen molar-refractivity contribution < 1.29 is 4.74 Å². The first-order valence-corrected chi connectivity index (χ1v) is 5.83. The molecule has 0 aliphatic carbocycles. The molecule has 1 rings (SSSR count). The smallest absolute Gasteiger partial charge is 0.0462 e. The van der Waals surface area contributed by atoms with Crippen LogP contribution in [0.2, 0.25) is 5.02 Å². The summed E-state index contributed by atoms with van der Waals surface area (Å²) in [4.78, 5) is 0. The van der Waals surface area contributed by atoms with Crippen LogP contribution in [-0.2, 0) is 11.2 Å². The third-order valence-electron chi connectivity index (χ3n) is 2.51. The van der Waals surface area contributed by atoms with Crippen LogP contribution in [0.3, 0.4) is 0 Å². The number of benzene rings is 1. The maximum absolute atomic E-state index is 5.93. The lowest BCUT2D eigenvalue weighted by atomic mass is 10.0. The summed E-state index contributed by atoms with van der Waals surface area (Å²) in [5.74, 6) is 5.52. The molecule has 0 heterocycles. The van der Waals surface area contributed by atoms with Gasteiger partial charge in [-0.15, -0.1) is 0 Å². The lowest BCUT2D eigenvalue weighted by molar-refractivity contribution is 0.188. The van der Waals surface area contributed by atoms with Crippen molar-refractivity contribution in [1.82, 2.24) is 5.43 Å². The van der Waals surface area contributed by atoms with E-state index in [-0.39, 0.29) is 6.04 Å². The highest BCUT2D eigenvalue weighted by molar-refractivity contribution is 6.30. The molecule has 3 nitrogen and oxygen atoms in total. The van der Waals surface area contributed by atoms with Gasteiger partial charge in [0.05, 0.1) is 0 Å². The first-order chi connectivity index (χ1) is 7.76. The zero-order chi connectivity index (χ0) is 11.8. The molecule has 3 N–H and O–H groups in total. The average molecular weight is 243 g/mol. The molecule has 0 bridgehead atoms. The van der Waals surface area contributed by atoms with Crippen LogP contribution in [0.25, 0.3) is 0 Å². The van der Waals surface area contributed by atoms with Gasteiger partial charge in [-0.05, 0) is 37.0 Å². The third kappa shape index (κ3) is 4.94. The van der Waals surface area contributed by atoms with Crippen LogP contribution in [0.15, 0.2) is 24.3 Å². The summed E-state index contributed by atoms with van der Waals surface area (Å²) >= 11 is 5.93. The van der Waals surface area contributed by atoms with Gasteiger partial charge in [-0.3, -0.25) is 11.3 Å². The Labute approximate surface area is 102 Å². The Kier molecular flexibility index (Phi) is 6.42. The summed E-state index contributed by atoms with van der Waals surface area (Å²) in [6.07, 6.45) is 2.89. The van der Waals surface area contributed by atoms with E-state index in [4.69, 9.17) is 22.2 Å². The van der Waals surface area contributed by atoms with E-state index in [9.17, 15) is 0 Å². The minimum absolute atomic E-state index is 0.272. The van der Waals surface area contributed by atoms with Crippen LogP contribution in [0.5, 0.6) is 0 Å². The number of hydrogen-bond donors (Lipinski definition) is 2. The van der Waals surface area contributed by atoms with Gasteiger partial charge in [0.25, 0.3) is 0 Å². The third-order valence-corrected chi connectivity index (χ3v) is 2.74. The zero-order valence-corrected chi connectivity index (χ0v) is 10.3. The Balaban J connectivity index is 2.43. The number of ether oxygens (including phenoxy) is 1. The van der Waals surface area contributed by atoms with Crippen molar-refractivity contribution in [2.75, 3.05) is 13.7 Å². The van der Waals surface area contributed by atoms with Crippen LogP contribution in [0.1, 0.15) is 18.4 Å². The van der Waals surface area contributed by atoms with Crippen molar-refractivity contribution in [3.63, 3.8) is 0 Å².